The molecule has 2 saturated heterocycles. The first-order chi connectivity index (χ1) is 16.6. The molecule has 0 aromatic heterocycles. The first kappa shape index (κ1) is 24.5. The average molecular weight is 465 g/mol. The van der Waals surface area contributed by atoms with Crippen molar-refractivity contribution in [3.63, 3.8) is 0 Å². The Morgan fingerprint density at radius 1 is 0.647 bits per heavy atom. The summed E-state index contributed by atoms with van der Waals surface area (Å²) in [5, 5.41) is 22.0. The number of benzene rings is 2. The lowest BCUT2D eigenvalue weighted by Crippen LogP contribution is -2.35. The smallest absolute Gasteiger partial charge is 0.123 e. The van der Waals surface area contributed by atoms with E-state index in [9.17, 15) is 10.2 Å². The van der Waals surface area contributed by atoms with Crippen LogP contribution in [0.15, 0.2) is 49.6 Å². The van der Waals surface area contributed by atoms with Gasteiger partial charge in [-0.1, -0.05) is 12.2 Å². The number of nitrogens with zero attached hydrogens (tertiary/aromatic N) is 2. The highest BCUT2D eigenvalue weighted by Gasteiger charge is 2.19. The third-order valence-corrected chi connectivity index (χ3v) is 6.59. The quantitative estimate of drug-likeness (QED) is 0.549. The summed E-state index contributed by atoms with van der Waals surface area (Å²) in [6.07, 6.45) is 4.82. The van der Waals surface area contributed by atoms with E-state index in [0.29, 0.717) is 63.9 Å². The van der Waals surface area contributed by atoms with Crippen LogP contribution in [0.2, 0.25) is 0 Å². The van der Waals surface area contributed by atoms with E-state index < -0.39 is 0 Å². The number of phenolic OH excluding ortho intramolecular Hbond substituents is 2. The zero-order chi connectivity index (χ0) is 23.9. The highest BCUT2D eigenvalue weighted by atomic mass is 16.5. The van der Waals surface area contributed by atoms with Gasteiger partial charge in [-0.25, -0.2) is 0 Å². The third-order valence-electron chi connectivity index (χ3n) is 6.59. The maximum atomic E-state index is 11.0. The third kappa shape index (κ3) is 5.88. The van der Waals surface area contributed by atoms with E-state index in [4.69, 9.17) is 9.47 Å². The van der Waals surface area contributed by atoms with Gasteiger partial charge in [-0.15, -0.1) is 13.2 Å². The van der Waals surface area contributed by atoms with Crippen molar-refractivity contribution in [3.8, 4) is 22.6 Å². The SMILES string of the molecule is C=CCc1cc(-c2cc(CC=C)c(O)c(CN3CCOCC3)c2)cc(CN2CCOCC2)c1O. The van der Waals surface area contributed by atoms with E-state index >= 15 is 0 Å². The lowest BCUT2D eigenvalue weighted by atomic mass is 9.93. The van der Waals surface area contributed by atoms with Crippen LogP contribution in [0.3, 0.4) is 0 Å². The molecule has 6 nitrogen and oxygen atoms in total. The number of phenols is 2. The van der Waals surface area contributed by atoms with Gasteiger partial charge in [0.1, 0.15) is 11.5 Å². The minimum Gasteiger partial charge on any atom is -0.507 e. The van der Waals surface area contributed by atoms with Crippen molar-refractivity contribution in [2.75, 3.05) is 52.6 Å². The standard InChI is InChI=1S/C28H36N2O4/c1-3-5-21-15-23(17-25(27(21)31)19-29-7-11-33-12-8-29)24-16-22(6-4-2)28(32)26(18-24)20-30-9-13-34-14-10-30/h3-4,15-18,31-32H,1-2,5-14,19-20H2. The van der Waals surface area contributed by atoms with Crippen molar-refractivity contribution in [2.45, 2.75) is 25.9 Å². The highest BCUT2D eigenvalue weighted by molar-refractivity contribution is 5.71. The Kier molecular flexibility index (Phi) is 8.40. The summed E-state index contributed by atoms with van der Waals surface area (Å²) >= 11 is 0. The Labute approximate surface area is 202 Å². The Hall–Kier alpha value is -2.64. The fourth-order valence-electron chi connectivity index (χ4n) is 4.72. The van der Waals surface area contributed by atoms with Crippen LogP contribution in [-0.4, -0.2) is 72.6 Å². The van der Waals surface area contributed by atoms with E-state index in [0.717, 1.165) is 59.6 Å². The van der Waals surface area contributed by atoms with Crippen LogP contribution in [0, 0.1) is 0 Å². The number of hydrogen-bond donors (Lipinski definition) is 2. The molecule has 0 saturated carbocycles. The molecular weight excluding hydrogens is 428 g/mol. The summed E-state index contributed by atoms with van der Waals surface area (Å²) in [5.41, 5.74) is 5.61. The molecule has 0 unspecified atom stereocenters. The summed E-state index contributed by atoms with van der Waals surface area (Å²) in [4.78, 5) is 4.62. The molecule has 0 spiro atoms. The van der Waals surface area contributed by atoms with Gasteiger partial charge in [0.25, 0.3) is 0 Å². The van der Waals surface area contributed by atoms with Gasteiger partial charge >= 0.3 is 0 Å². The molecule has 2 aliphatic rings. The number of rotatable bonds is 9. The number of ether oxygens (including phenoxy) is 2. The molecule has 0 amide bonds. The van der Waals surface area contributed by atoms with Crippen LogP contribution in [0.1, 0.15) is 22.3 Å². The minimum atomic E-state index is 0.341. The molecule has 2 N–H and O–H groups in total. The van der Waals surface area contributed by atoms with Gasteiger partial charge in [-0.2, -0.15) is 0 Å². The van der Waals surface area contributed by atoms with Crippen molar-refractivity contribution >= 4 is 0 Å². The molecule has 2 aromatic carbocycles. The average Bonchev–Trinajstić information content (AvgIpc) is 2.85. The minimum absolute atomic E-state index is 0.341. The van der Waals surface area contributed by atoms with Crippen LogP contribution in [0.5, 0.6) is 11.5 Å². The fraction of sp³-hybridized carbons (Fsp3) is 0.429. The molecule has 0 bridgehead atoms. The van der Waals surface area contributed by atoms with Gasteiger partial charge in [0.2, 0.25) is 0 Å². The molecule has 182 valence electrons. The van der Waals surface area contributed by atoms with E-state index in [-0.39, 0.29) is 0 Å². The molecule has 2 aromatic rings. The first-order valence-electron chi connectivity index (χ1n) is 12.1. The van der Waals surface area contributed by atoms with E-state index in [2.05, 4.69) is 35.1 Å². The first-order valence-corrected chi connectivity index (χ1v) is 12.1. The molecule has 0 atom stereocenters. The number of morpholine rings is 2. The number of hydrogen-bond acceptors (Lipinski definition) is 6. The normalized spacial score (nSPS) is 17.5. The molecule has 2 fully saturated rings. The van der Waals surface area contributed by atoms with E-state index in [1.165, 1.54) is 0 Å². The van der Waals surface area contributed by atoms with Gasteiger partial charge in [0, 0.05) is 50.4 Å². The van der Waals surface area contributed by atoms with Crippen LogP contribution >= 0.6 is 0 Å². The van der Waals surface area contributed by atoms with E-state index in [1.807, 2.05) is 24.3 Å². The zero-order valence-electron chi connectivity index (χ0n) is 20.0. The largest absolute Gasteiger partial charge is 0.507 e. The molecule has 4 rings (SSSR count). The highest BCUT2D eigenvalue weighted by Crippen LogP contribution is 2.36. The second kappa shape index (κ2) is 11.7. The Balaban J connectivity index is 1.73. The van der Waals surface area contributed by atoms with Crippen molar-refractivity contribution in [3.05, 3.63) is 71.8 Å². The topological polar surface area (TPSA) is 65.4 Å². The van der Waals surface area contributed by atoms with Crippen LogP contribution in [0.4, 0.5) is 0 Å². The van der Waals surface area contributed by atoms with Gasteiger partial charge in [-0.3, -0.25) is 9.80 Å². The molecule has 2 heterocycles. The van der Waals surface area contributed by atoms with Crippen molar-refractivity contribution in [1.82, 2.24) is 9.80 Å². The summed E-state index contributed by atoms with van der Waals surface area (Å²) in [7, 11) is 0. The summed E-state index contributed by atoms with van der Waals surface area (Å²) in [6.45, 7) is 15.4. The van der Waals surface area contributed by atoms with Crippen LogP contribution in [-0.2, 0) is 35.4 Å². The fourth-order valence-corrected chi connectivity index (χ4v) is 4.72. The number of allylic oxidation sites excluding steroid dienone is 2. The summed E-state index contributed by atoms with van der Waals surface area (Å²) in [5.74, 6) is 0.683. The second-order valence-electron chi connectivity index (χ2n) is 9.05. The van der Waals surface area contributed by atoms with Crippen molar-refractivity contribution < 1.29 is 19.7 Å². The molecule has 0 aliphatic carbocycles. The molecular formula is C28H36N2O4. The van der Waals surface area contributed by atoms with E-state index in [1.54, 1.807) is 0 Å². The van der Waals surface area contributed by atoms with Crippen LogP contribution < -0.4 is 0 Å². The Morgan fingerprint density at radius 3 is 1.35 bits per heavy atom. The van der Waals surface area contributed by atoms with Gasteiger partial charge < -0.3 is 19.7 Å². The maximum absolute atomic E-state index is 11.0. The predicted molar refractivity (Wildman–Crippen MR) is 135 cm³/mol. The van der Waals surface area contributed by atoms with Gasteiger partial charge in [0.05, 0.1) is 26.4 Å². The zero-order valence-corrected chi connectivity index (χ0v) is 20.0. The lowest BCUT2D eigenvalue weighted by molar-refractivity contribution is 0.0338. The molecule has 0 radical (unpaired) electrons. The number of aromatic hydroxyl groups is 2. The predicted octanol–water partition coefficient (Wildman–Crippen LogP) is 3.89. The molecule has 34 heavy (non-hydrogen) atoms. The van der Waals surface area contributed by atoms with Gasteiger partial charge in [0.15, 0.2) is 0 Å². The summed E-state index contributed by atoms with van der Waals surface area (Å²) in [6, 6.07) is 8.25. The summed E-state index contributed by atoms with van der Waals surface area (Å²) < 4.78 is 11.0. The van der Waals surface area contributed by atoms with Crippen LogP contribution in [0.25, 0.3) is 11.1 Å². The lowest BCUT2D eigenvalue weighted by Gasteiger charge is -2.28. The van der Waals surface area contributed by atoms with Crippen molar-refractivity contribution in [1.29, 1.82) is 0 Å². The Bertz CT molecular complexity index is 926. The second-order valence-corrected chi connectivity index (χ2v) is 9.05. The van der Waals surface area contributed by atoms with Crippen molar-refractivity contribution in [2.24, 2.45) is 0 Å². The van der Waals surface area contributed by atoms with Gasteiger partial charge in [-0.05, 0) is 59.4 Å². The Morgan fingerprint density at radius 2 is 1.00 bits per heavy atom. The maximum Gasteiger partial charge on any atom is 0.123 e. The molecule has 2 aliphatic heterocycles. The molecule has 6 heteroatoms. The monoisotopic (exact) mass is 464 g/mol.